The monoisotopic (exact) mass is 303 g/mol. The summed E-state index contributed by atoms with van der Waals surface area (Å²) in [4.78, 5) is 23.1. The van der Waals surface area contributed by atoms with Gasteiger partial charge >= 0.3 is 11.8 Å². The standard InChI is InChI=1S/C14H17N5O3/c1-9-12(10(2)19(3)18-9)8-16-17-14(21)13(20)15-7-11-5-4-6-22-11/h4-6,8H,7H2,1-3H3,(H,15,20)(H,17,21)/b16-8+. The van der Waals surface area contributed by atoms with Gasteiger partial charge in [0.15, 0.2) is 0 Å². The molecule has 0 fully saturated rings. The first kappa shape index (κ1) is 15.5. The van der Waals surface area contributed by atoms with Crippen LogP contribution in [-0.4, -0.2) is 27.8 Å². The number of rotatable bonds is 4. The molecular weight excluding hydrogens is 286 g/mol. The lowest BCUT2D eigenvalue weighted by Crippen LogP contribution is -2.37. The highest BCUT2D eigenvalue weighted by Crippen LogP contribution is 2.08. The lowest BCUT2D eigenvalue weighted by molar-refractivity contribution is -0.139. The molecule has 8 nitrogen and oxygen atoms in total. The molecule has 0 spiro atoms. The number of hydrazone groups is 1. The fraction of sp³-hybridized carbons (Fsp3) is 0.286. The van der Waals surface area contributed by atoms with E-state index in [0.29, 0.717) is 5.76 Å². The Labute approximate surface area is 127 Å². The Kier molecular flexibility index (Phi) is 4.72. The van der Waals surface area contributed by atoms with Crippen molar-refractivity contribution in [2.45, 2.75) is 20.4 Å². The highest BCUT2D eigenvalue weighted by atomic mass is 16.3. The molecule has 0 aliphatic heterocycles. The van der Waals surface area contributed by atoms with Crippen LogP contribution in [0.25, 0.3) is 0 Å². The first-order valence-corrected chi connectivity index (χ1v) is 6.63. The van der Waals surface area contributed by atoms with Gasteiger partial charge in [0.25, 0.3) is 0 Å². The number of furan rings is 1. The first-order chi connectivity index (χ1) is 10.5. The van der Waals surface area contributed by atoms with Gasteiger partial charge < -0.3 is 9.73 Å². The largest absolute Gasteiger partial charge is 0.467 e. The Morgan fingerprint density at radius 2 is 2.18 bits per heavy atom. The summed E-state index contributed by atoms with van der Waals surface area (Å²) in [5.41, 5.74) is 4.69. The van der Waals surface area contributed by atoms with Crippen molar-refractivity contribution in [3.05, 3.63) is 41.1 Å². The minimum absolute atomic E-state index is 0.143. The van der Waals surface area contributed by atoms with Gasteiger partial charge in [0.2, 0.25) is 0 Å². The highest BCUT2D eigenvalue weighted by Gasteiger charge is 2.13. The number of carbonyl (C=O) groups is 2. The molecule has 2 N–H and O–H groups in total. The lowest BCUT2D eigenvalue weighted by atomic mass is 10.2. The summed E-state index contributed by atoms with van der Waals surface area (Å²) in [5.74, 6) is -1.07. The molecule has 116 valence electrons. The Morgan fingerprint density at radius 3 is 2.77 bits per heavy atom. The average molecular weight is 303 g/mol. The van der Waals surface area contributed by atoms with E-state index in [1.807, 2.05) is 20.9 Å². The van der Waals surface area contributed by atoms with Crippen molar-refractivity contribution < 1.29 is 14.0 Å². The molecule has 0 aromatic carbocycles. The second kappa shape index (κ2) is 6.70. The van der Waals surface area contributed by atoms with E-state index < -0.39 is 11.8 Å². The first-order valence-electron chi connectivity index (χ1n) is 6.63. The molecule has 0 aliphatic carbocycles. The van der Waals surface area contributed by atoms with E-state index in [1.165, 1.54) is 12.5 Å². The maximum atomic E-state index is 11.6. The normalized spacial score (nSPS) is 10.9. The van der Waals surface area contributed by atoms with E-state index in [9.17, 15) is 9.59 Å². The van der Waals surface area contributed by atoms with E-state index in [-0.39, 0.29) is 6.54 Å². The molecule has 0 saturated heterocycles. The van der Waals surface area contributed by atoms with Gasteiger partial charge in [-0.1, -0.05) is 0 Å². The molecule has 0 atom stereocenters. The van der Waals surface area contributed by atoms with Crippen LogP contribution in [0.5, 0.6) is 0 Å². The SMILES string of the molecule is Cc1nn(C)c(C)c1/C=N/NC(=O)C(=O)NCc1ccco1. The molecule has 0 radical (unpaired) electrons. The van der Waals surface area contributed by atoms with Gasteiger partial charge in [-0.15, -0.1) is 0 Å². The number of nitrogens with zero attached hydrogens (tertiary/aromatic N) is 3. The molecule has 0 bridgehead atoms. The number of aryl methyl sites for hydroxylation is 2. The van der Waals surface area contributed by atoms with Crippen LogP contribution in [0, 0.1) is 13.8 Å². The summed E-state index contributed by atoms with van der Waals surface area (Å²) in [6, 6.07) is 3.40. The Balaban J connectivity index is 1.86. The zero-order valence-electron chi connectivity index (χ0n) is 12.6. The number of carbonyl (C=O) groups excluding carboxylic acids is 2. The fourth-order valence-electron chi connectivity index (χ4n) is 1.84. The maximum absolute atomic E-state index is 11.6. The van der Waals surface area contributed by atoms with Crippen molar-refractivity contribution in [3.63, 3.8) is 0 Å². The second-order valence-electron chi connectivity index (χ2n) is 4.67. The van der Waals surface area contributed by atoms with Gasteiger partial charge in [0, 0.05) is 18.3 Å². The van der Waals surface area contributed by atoms with E-state index in [4.69, 9.17) is 4.42 Å². The molecule has 8 heteroatoms. The van der Waals surface area contributed by atoms with Crippen molar-refractivity contribution in [2.24, 2.45) is 12.1 Å². The third kappa shape index (κ3) is 3.60. The van der Waals surface area contributed by atoms with Crippen molar-refractivity contribution in [1.82, 2.24) is 20.5 Å². The number of nitrogens with one attached hydrogen (secondary N) is 2. The van der Waals surface area contributed by atoms with E-state index in [0.717, 1.165) is 17.0 Å². The minimum Gasteiger partial charge on any atom is -0.467 e. The summed E-state index contributed by atoms with van der Waals surface area (Å²) in [5, 5.41) is 10.4. The van der Waals surface area contributed by atoms with Crippen molar-refractivity contribution in [3.8, 4) is 0 Å². The van der Waals surface area contributed by atoms with Crippen LogP contribution in [0.15, 0.2) is 27.9 Å². The third-order valence-electron chi connectivity index (χ3n) is 3.13. The molecule has 0 aliphatic rings. The molecule has 2 rings (SSSR count). The van der Waals surface area contributed by atoms with Crippen LogP contribution in [0.2, 0.25) is 0 Å². The van der Waals surface area contributed by atoms with Gasteiger partial charge in [-0.3, -0.25) is 14.3 Å². The Bertz CT molecular complexity index is 700. The van der Waals surface area contributed by atoms with Gasteiger partial charge in [-0.25, -0.2) is 5.43 Å². The molecular formula is C14H17N5O3. The summed E-state index contributed by atoms with van der Waals surface area (Å²) < 4.78 is 6.76. The zero-order valence-corrected chi connectivity index (χ0v) is 12.6. The van der Waals surface area contributed by atoms with Crippen LogP contribution in [0.3, 0.4) is 0 Å². The molecule has 2 aromatic heterocycles. The molecule has 0 saturated carbocycles. The van der Waals surface area contributed by atoms with Crippen LogP contribution < -0.4 is 10.7 Å². The predicted octanol–water partition coefficient (Wildman–Crippen LogP) is 0.396. The highest BCUT2D eigenvalue weighted by molar-refractivity contribution is 6.35. The fourth-order valence-corrected chi connectivity index (χ4v) is 1.84. The molecule has 2 amide bonds. The third-order valence-corrected chi connectivity index (χ3v) is 3.13. The minimum atomic E-state index is -0.845. The van der Waals surface area contributed by atoms with Gasteiger partial charge in [-0.05, 0) is 26.0 Å². The second-order valence-corrected chi connectivity index (χ2v) is 4.67. The van der Waals surface area contributed by atoms with Crippen LogP contribution >= 0.6 is 0 Å². The van der Waals surface area contributed by atoms with Gasteiger partial charge in [-0.2, -0.15) is 10.2 Å². The van der Waals surface area contributed by atoms with Crippen LogP contribution in [-0.2, 0) is 23.2 Å². The molecule has 2 aromatic rings. The van der Waals surface area contributed by atoms with Crippen molar-refractivity contribution in [2.75, 3.05) is 0 Å². The number of hydrogen-bond donors (Lipinski definition) is 2. The zero-order chi connectivity index (χ0) is 16.1. The number of aromatic nitrogens is 2. The van der Waals surface area contributed by atoms with Gasteiger partial charge in [0.05, 0.1) is 24.7 Å². The van der Waals surface area contributed by atoms with E-state index in [1.54, 1.807) is 16.8 Å². The van der Waals surface area contributed by atoms with E-state index in [2.05, 4.69) is 20.9 Å². The quantitative estimate of drug-likeness (QED) is 0.485. The summed E-state index contributed by atoms with van der Waals surface area (Å²) in [7, 11) is 1.82. The Hall–Kier alpha value is -2.90. The number of hydrogen-bond acceptors (Lipinski definition) is 5. The van der Waals surface area contributed by atoms with E-state index >= 15 is 0 Å². The summed E-state index contributed by atoms with van der Waals surface area (Å²) >= 11 is 0. The lowest BCUT2D eigenvalue weighted by Gasteiger charge is -2.01. The topological polar surface area (TPSA) is 102 Å². The summed E-state index contributed by atoms with van der Waals surface area (Å²) in [6.07, 6.45) is 2.96. The number of amides is 2. The smallest absolute Gasteiger partial charge is 0.329 e. The van der Waals surface area contributed by atoms with Crippen LogP contribution in [0.1, 0.15) is 22.7 Å². The molecule has 0 unspecified atom stereocenters. The Morgan fingerprint density at radius 1 is 1.41 bits per heavy atom. The van der Waals surface area contributed by atoms with Gasteiger partial charge in [0.1, 0.15) is 5.76 Å². The van der Waals surface area contributed by atoms with Crippen LogP contribution in [0.4, 0.5) is 0 Å². The summed E-state index contributed by atoms with van der Waals surface area (Å²) in [6.45, 7) is 3.87. The maximum Gasteiger partial charge on any atom is 0.329 e. The predicted molar refractivity (Wildman–Crippen MR) is 79.0 cm³/mol. The van der Waals surface area contributed by atoms with Crippen molar-refractivity contribution in [1.29, 1.82) is 0 Å². The average Bonchev–Trinajstić information content (AvgIpc) is 3.08. The molecule has 22 heavy (non-hydrogen) atoms. The molecule has 2 heterocycles. The van der Waals surface area contributed by atoms with Crippen molar-refractivity contribution >= 4 is 18.0 Å².